The lowest BCUT2D eigenvalue weighted by Gasteiger charge is -2.19. The molecule has 2 rings (SSSR count). The Morgan fingerprint density at radius 3 is 2.94 bits per heavy atom. The summed E-state index contributed by atoms with van der Waals surface area (Å²) in [5, 5.41) is 9.47. The molecule has 0 spiro atoms. The van der Waals surface area contributed by atoms with Gasteiger partial charge in [-0.15, -0.1) is 0 Å². The molecule has 2 saturated heterocycles. The Bertz CT molecular complexity index is 249. The molecule has 2 aliphatic heterocycles. The van der Waals surface area contributed by atoms with Gasteiger partial charge < -0.3 is 14.7 Å². The van der Waals surface area contributed by atoms with Crippen molar-refractivity contribution in [3.63, 3.8) is 0 Å². The Kier molecular flexibility index (Phi) is 3.82. The molecular weight excluding hydrogens is 206 g/mol. The van der Waals surface area contributed by atoms with E-state index in [-0.39, 0.29) is 24.0 Å². The van der Waals surface area contributed by atoms with Crippen LogP contribution in [0, 0.1) is 5.92 Å². The van der Waals surface area contributed by atoms with E-state index in [1.807, 2.05) is 4.90 Å². The first kappa shape index (κ1) is 11.9. The summed E-state index contributed by atoms with van der Waals surface area (Å²) in [4.78, 5) is 13.8. The van der Waals surface area contributed by atoms with E-state index in [9.17, 15) is 9.90 Å². The quantitative estimate of drug-likeness (QED) is 0.775. The molecule has 0 radical (unpaired) electrons. The number of aliphatic hydroxyl groups excluding tert-OH is 1. The third kappa shape index (κ3) is 2.74. The lowest BCUT2D eigenvalue weighted by Crippen LogP contribution is -2.32. The van der Waals surface area contributed by atoms with Crippen LogP contribution in [0.4, 0.5) is 0 Å². The molecule has 0 saturated carbocycles. The maximum absolute atomic E-state index is 11.9. The minimum atomic E-state index is -0.305. The summed E-state index contributed by atoms with van der Waals surface area (Å²) in [5.41, 5.74) is 0. The van der Waals surface area contributed by atoms with Gasteiger partial charge in [-0.05, 0) is 26.2 Å². The summed E-state index contributed by atoms with van der Waals surface area (Å²) in [5.74, 6) is 0.448. The lowest BCUT2D eigenvalue weighted by atomic mass is 10.0. The fourth-order valence-corrected chi connectivity index (χ4v) is 2.54. The molecule has 0 aromatic heterocycles. The van der Waals surface area contributed by atoms with Gasteiger partial charge in [0.1, 0.15) is 0 Å². The highest BCUT2D eigenvalue weighted by Crippen LogP contribution is 2.22. The van der Waals surface area contributed by atoms with Gasteiger partial charge in [-0.3, -0.25) is 4.79 Å². The largest absolute Gasteiger partial charge is 0.393 e. The van der Waals surface area contributed by atoms with Crippen molar-refractivity contribution in [1.29, 1.82) is 0 Å². The van der Waals surface area contributed by atoms with Crippen molar-refractivity contribution in [3.8, 4) is 0 Å². The van der Waals surface area contributed by atoms with Gasteiger partial charge in [-0.25, -0.2) is 0 Å². The molecule has 2 fully saturated rings. The van der Waals surface area contributed by atoms with E-state index in [0.29, 0.717) is 13.0 Å². The topological polar surface area (TPSA) is 49.8 Å². The van der Waals surface area contributed by atoms with Crippen LogP contribution in [-0.4, -0.2) is 47.8 Å². The van der Waals surface area contributed by atoms with Crippen molar-refractivity contribution in [2.75, 3.05) is 19.7 Å². The van der Waals surface area contributed by atoms with Gasteiger partial charge in [0, 0.05) is 25.6 Å². The van der Waals surface area contributed by atoms with Crippen molar-refractivity contribution in [3.05, 3.63) is 0 Å². The van der Waals surface area contributed by atoms with Crippen LogP contribution >= 0.6 is 0 Å². The Hall–Kier alpha value is -0.610. The maximum Gasteiger partial charge on any atom is 0.225 e. The minimum Gasteiger partial charge on any atom is -0.393 e. The monoisotopic (exact) mass is 227 g/mol. The highest BCUT2D eigenvalue weighted by atomic mass is 16.5. The third-order valence-corrected chi connectivity index (χ3v) is 3.69. The molecular formula is C12H21NO3. The first-order valence-corrected chi connectivity index (χ1v) is 6.24. The number of ether oxygens (including phenoxy) is 1. The van der Waals surface area contributed by atoms with Crippen LogP contribution < -0.4 is 0 Å². The first-order chi connectivity index (χ1) is 7.66. The SMILES string of the molecule is CC(O)C1CCN(C(=O)CC2CCCO2)C1. The molecule has 3 unspecified atom stereocenters. The normalized spacial score (nSPS) is 32.0. The van der Waals surface area contributed by atoms with Crippen molar-refractivity contribution in [2.24, 2.45) is 5.92 Å². The molecule has 2 aliphatic rings. The van der Waals surface area contributed by atoms with E-state index in [1.54, 1.807) is 6.92 Å². The van der Waals surface area contributed by atoms with Crippen LogP contribution in [0.5, 0.6) is 0 Å². The molecule has 0 bridgehead atoms. The molecule has 4 nitrogen and oxygen atoms in total. The number of hydrogen-bond acceptors (Lipinski definition) is 3. The number of hydrogen-bond donors (Lipinski definition) is 1. The Labute approximate surface area is 96.6 Å². The van der Waals surface area contributed by atoms with E-state index in [1.165, 1.54) is 0 Å². The van der Waals surface area contributed by atoms with Crippen molar-refractivity contribution >= 4 is 5.91 Å². The standard InChI is InChI=1S/C12H21NO3/c1-9(14)10-4-5-13(8-10)12(15)7-11-3-2-6-16-11/h9-11,14H,2-8H2,1H3. The van der Waals surface area contributed by atoms with Crippen LogP contribution in [0.1, 0.15) is 32.6 Å². The van der Waals surface area contributed by atoms with Gasteiger partial charge in [-0.1, -0.05) is 0 Å². The highest BCUT2D eigenvalue weighted by Gasteiger charge is 2.30. The molecule has 0 aliphatic carbocycles. The summed E-state index contributed by atoms with van der Waals surface area (Å²) in [6.07, 6.45) is 3.37. The fraction of sp³-hybridized carbons (Fsp3) is 0.917. The van der Waals surface area contributed by atoms with Gasteiger partial charge in [0.15, 0.2) is 0 Å². The van der Waals surface area contributed by atoms with Gasteiger partial charge in [0.05, 0.1) is 18.6 Å². The zero-order valence-corrected chi connectivity index (χ0v) is 9.89. The average Bonchev–Trinajstić information content (AvgIpc) is 2.86. The van der Waals surface area contributed by atoms with Crippen LogP contribution in [0.2, 0.25) is 0 Å². The predicted octanol–water partition coefficient (Wildman–Crippen LogP) is 0.785. The molecule has 2 heterocycles. The van der Waals surface area contributed by atoms with E-state index in [2.05, 4.69) is 0 Å². The molecule has 0 aromatic rings. The van der Waals surface area contributed by atoms with Gasteiger partial charge in [-0.2, -0.15) is 0 Å². The van der Waals surface area contributed by atoms with Crippen LogP contribution in [0.15, 0.2) is 0 Å². The summed E-state index contributed by atoms with van der Waals surface area (Å²) < 4.78 is 5.46. The smallest absolute Gasteiger partial charge is 0.225 e. The minimum absolute atomic E-state index is 0.137. The number of amides is 1. The Balaban J connectivity index is 1.77. The summed E-state index contributed by atoms with van der Waals surface area (Å²) in [6, 6.07) is 0. The predicted molar refractivity (Wildman–Crippen MR) is 60.0 cm³/mol. The van der Waals surface area contributed by atoms with Crippen LogP contribution in [0.25, 0.3) is 0 Å². The van der Waals surface area contributed by atoms with Crippen molar-refractivity contribution < 1.29 is 14.6 Å². The summed E-state index contributed by atoms with van der Waals surface area (Å²) in [6.45, 7) is 4.11. The molecule has 3 atom stereocenters. The second kappa shape index (κ2) is 5.15. The van der Waals surface area contributed by atoms with Gasteiger partial charge >= 0.3 is 0 Å². The fourth-order valence-electron chi connectivity index (χ4n) is 2.54. The van der Waals surface area contributed by atoms with E-state index in [0.717, 1.165) is 32.4 Å². The van der Waals surface area contributed by atoms with E-state index in [4.69, 9.17) is 4.74 Å². The zero-order valence-electron chi connectivity index (χ0n) is 9.89. The molecule has 92 valence electrons. The van der Waals surface area contributed by atoms with Gasteiger partial charge in [0.2, 0.25) is 5.91 Å². The van der Waals surface area contributed by atoms with E-state index >= 15 is 0 Å². The second-order valence-corrected chi connectivity index (χ2v) is 4.97. The van der Waals surface area contributed by atoms with Crippen LogP contribution in [0.3, 0.4) is 0 Å². The van der Waals surface area contributed by atoms with Gasteiger partial charge in [0.25, 0.3) is 0 Å². The summed E-state index contributed by atoms with van der Waals surface area (Å²) >= 11 is 0. The Morgan fingerprint density at radius 1 is 1.56 bits per heavy atom. The maximum atomic E-state index is 11.9. The Morgan fingerprint density at radius 2 is 2.38 bits per heavy atom. The number of rotatable bonds is 3. The van der Waals surface area contributed by atoms with Crippen LogP contribution in [-0.2, 0) is 9.53 Å². The van der Waals surface area contributed by atoms with E-state index < -0.39 is 0 Å². The first-order valence-electron chi connectivity index (χ1n) is 6.24. The highest BCUT2D eigenvalue weighted by molar-refractivity contribution is 5.77. The lowest BCUT2D eigenvalue weighted by molar-refractivity contribution is -0.132. The zero-order chi connectivity index (χ0) is 11.5. The molecule has 1 amide bonds. The average molecular weight is 227 g/mol. The molecule has 16 heavy (non-hydrogen) atoms. The number of nitrogens with zero attached hydrogens (tertiary/aromatic N) is 1. The number of carbonyl (C=O) groups excluding carboxylic acids is 1. The molecule has 0 aromatic carbocycles. The third-order valence-electron chi connectivity index (χ3n) is 3.69. The summed E-state index contributed by atoms with van der Waals surface area (Å²) in [7, 11) is 0. The molecule has 4 heteroatoms. The van der Waals surface area contributed by atoms with Crippen molar-refractivity contribution in [2.45, 2.75) is 44.8 Å². The second-order valence-electron chi connectivity index (χ2n) is 4.97. The van der Waals surface area contributed by atoms with Crippen molar-refractivity contribution in [1.82, 2.24) is 4.90 Å². The number of aliphatic hydroxyl groups is 1. The number of likely N-dealkylation sites (tertiary alicyclic amines) is 1. The molecule has 1 N–H and O–H groups in total. The number of carbonyl (C=O) groups is 1.